The van der Waals surface area contributed by atoms with E-state index in [1.807, 2.05) is 39.5 Å². The van der Waals surface area contributed by atoms with Gasteiger partial charge in [-0.2, -0.15) is 0 Å². The largest absolute Gasteiger partial charge is 0.341 e. The van der Waals surface area contributed by atoms with Crippen LogP contribution in [0.15, 0.2) is 0 Å². The van der Waals surface area contributed by atoms with Crippen LogP contribution in [-0.4, -0.2) is 40.0 Å². The van der Waals surface area contributed by atoms with Gasteiger partial charge in [0.05, 0.1) is 5.92 Å². The summed E-state index contributed by atoms with van der Waals surface area (Å²) >= 11 is 1.41. The van der Waals surface area contributed by atoms with Gasteiger partial charge in [-0.25, -0.2) is 0 Å². The van der Waals surface area contributed by atoms with E-state index < -0.39 is 5.41 Å². The number of piperidine rings is 1. The maximum Gasteiger partial charge on any atom is 0.231 e. The topological polar surface area (TPSA) is 75.2 Å². The van der Waals surface area contributed by atoms with Crippen molar-refractivity contribution in [3.05, 3.63) is 5.01 Å². The summed E-state index contributed by atoms with van der Waals surface area (Å²) < 4.78 is 0. The Morgan fingerprint density at radius 1 is 1.30 bits per heavy atom. The zero-order valence-electron chi connectivity index (χ0n) is 14.5. The fourth-order valence-corrected chi connectivity index (χ4v) is 3.32. The molecule has 1 aliphatic rings. The molecule has 0 bridgehead atoms. The zero-order chi connectivity index (χ0) is 17.2. The summed E-state index contributed by atoms with van der Waals surface area (Å²) in [6.45, 7) is 11.0. The van der Waals surface area contributed by atoms with Crippen LogP contribution in [0.3, 0.4) is 0 Å². The van der Waals surface area contributed by atoms with E-state index >= 15 is 0 Å². The average molecular weight is 338 g/mol. The Balaban J connectivity index is 1.97. The van der Waals surface area contributed by atoms with Crippen molar-refractivity contribution in [2.45, 2.75) is 53.4 Å². The molecule has 6 nitrogen and oxygen atoms in total. The van der Waals surface area contributed by atoms with E-state index in [2.05, 4.69) is 15.5 Å². The molecule has 1 fully saturated rings. The van der Waals surface area contributed by atoms with Crippen LogP contribution in [-0.2, 0) is 9.59 Å². The molecule has 7 heteroatoms. The number of nitrogens with zero attached hydrogens (tertiary/aromatic N) is 3. The number of carbonyl (C=O) groups excluding carboxylic acids is 2. The first-order valence-corrected chi connectivity index (χ1v) is 8.93. The van der Waals surface area contributed by atoms with Crippen LogP contribution in [0, 0.1) is 11.3 Å². The van der Waals surface area contributed by atoms with Crippen molar-refractivity contribution in [1.29, 1.82) is 0 Å². The zero-order valence-corrected chi connectivity index (χ0v) is 15.4. The normalized spacial score (nSPS) is 19.0. The summed E-state index contributed by atoms with van der Waals surface area (Å²) in [5, 5.41) is 12.4. The molecule has 2 amide bonds. The summed E-state index contributed by atoms with van der Waals surface area (Å²) in [7, 11) is 0. The molecule has 0 unspecified atom stereocenters. The molecular weight excluding hydrogens is 312 g/mol. The predicted octanol–water partition coefficient (Wildman–Crippen LogP) is 2.88. The summed E-state index contributed by atoms with van der Waals surface area (Å²) in [6, 6.07) is 0. The molecule has 128 valence electrons. The SMILES string of the molecule is CC(C)c1nnc(NC(=O)[C@@H]2CCCN(C(=O)C(C)(C)C)C2)s1. The minimum Gasteiger partial charge on any atom is -0.341 e. The first-order valence-electron chi connectivity index (χ1n) is 8.12. The van der Waals surface area contributed by atoms with Crippen LogP contribution in [0.4, 0.5) is 5.13 Å². The van der Waals surface area contributed by atoms with Gasteiger partial charge in [0, 0.05) is 24.4 Å². The summed E-state index contributed by atoms with van der Waals surface area (Å²) in [6.07, 6.45) is 1.66. The Hall–Kier alpha value is -1.50. The van der Waals surface area contributed by atoms with Crippen LogP contribution >= 0.6 is 11.3 Å². The highest BCUT2D eigenvalue weighted by Gasteiger charge is 2.33. The maximum atomic E-state index is 12.5. The Bertz CT molecular complexity index is 577. The van der Waals surface area contributed by atoms with Gasteiger partial charge < -0.3 is 10.2 Å². The second-order valence-corrected chi connectivity index (χ2v) is 8.44. The Morgan fingerprint density at radius 3 is 2.57 bits per heavy atom. The number of carbonyl (C=O) groups is 2. The first-order chi connectivity index (χ1) is 10.7. The van der Waals surface area contributed by atoms with Gasteiger partial charge in [0.25, 0.3) is 0 Å². The van der Waals surface area contributed by atoms with Gasteiger partial charge in [-0.15, -0.1) is 10.2 Å². The lowest BCUT2D eigenvalue weighted by Crippen LogP contribution is -2.47. The van der Waals surface area contributed by atoms with Crippen molar-refractivity contribution in [3.8, 4) is 0 Å². The second kappa shape index (κ2) is 6.95. The van der Waals surface area contributed by atoms with E-state index in [0.29, 0.717) is 17.6 Å². The fraction of sp³-hybridized carbons (Fsp3) is 0.750. The maximum absolute atomic E-state index is 12.5. The summed E-state index contributed by atoms with van der Waals surface area (Å²) in [5.41, 5.74) is -0.413. The van der Waals surface area contributed by atoms with Gasteiger partial charge in [0.1, 0.15) is 5.01 Å². The standard InChI is InChI=1S/C16H26N4O2S/c1-10(2)13-18-19-15(23-13)17-12(21)11-7-6-8-20(9-11)14(22)16(3,4)5/h10-11H,6-9H2,1-5H3,(H,17,19,21)/t11-/m1/s1. The summed E-state index contributed by atoms with van der Waals surface area (Å²) in [5.74, 6) is 0.157. The molecule has 1 N–H and O–H groups in total. The monoisotopic (exact) mass is 338 g/mol. The summed E-state index contributed by atoms with van der Waals surface area (Å²) in [4.78, 5) is 26.7. The van der Waals surface area contributed by atoms with Gasteiger partial charge in [-0.3, -0.25) is 9.59 Å². The number of hydrogen-bond acceptors (Lipinski definition) is 5. The van der Waals surface area contributed by atoms with Gasteiger partial charge in [-0.05, 0) is 12.8 Å². The third-order valence-electron chi connectivity index (χ3n) is 3.89. The van der Waals surface area contributed by atoms with Gasteiger partial charge in [0.2, 0.25) is 16.9 Å². The van der Waals surface area contributed by atoms with Crippen molar-refractivity contribution in [2.75, 3.05) is 18.4 Å². The molecule has 2 rings (SSSR count). The molecule has 0 saturated carbocycles. The van der Waals surface area contributed by atoms with E-state index in [4.69, 9.17) is 0 Å². The lowest BCUT2D eigenvalue weighted by Gasteiger charge is -2.35. The van der Waals surface area contributed by atoms with E-state index in [1.54, 1.807) is 0 Å². The minimum atomic E-state index is -0.413. The molecule has 23 heavy (non-hydrogen) atoms. The molecule has 1 saturated heterocycles. The van der Waals surface area contributed by atoms with E-state index in [1.165, 1.54) is 11.3 Å². The highest BCUT2D eigenvalue weighted by Crippen LogP contribution is 2.26. The lowest BCUT2D eigenvalue weighted by atomic mass is 9.91. The van der Waals surface area contributed by atoms with E-state index in [0.717, 1.165) is 24.4 Å². The van der Waals surface area contributed by atoms with Crippen LogP contribution < -0.4 is 5.32 Å². The molecule has 0 spiro atoms. The molecule has 0 aliphatic carbocycles. The lowest BCUT2D eigenvalue weighted by molar-refractivity contribution is -0.142. The number of aromatic nitrogens is 2. The third kappa shape index (κ3) is 4.50. The van der Waals surface area contributed by atoms with Crippen LogP contribution in [0.1, 0.15) is 58.4 Å². The highest BCUT2D eigenvalue weighted by atomic mass is 32.1. The number of anilines is 1. The quantitative estimate of drug-likeness (QED) is 0.919. The van der Waals surface area contributed by atoms with Crippen molar-refractivity contribution in [3.63, 3.8) is 0 Å². The predicted molar refractivity (Wildman–Crippen MR) is 91.4 cm³/mol. The molecular formula is C16H26N4O2S. The molecule has 1 aromatic rings. The Kier molecular flexibility index (Phi) is 5.39. The van der Waals surface area contributed by atoms with Gasteiger partial charge in [-0.1, -0.05) is 46.0 Å². The van der Waals surface area contributed by atoms with Crippen molar-refractivity contribution < 1.29 is 9.59 Å². The van der Waals surface area contributed by atoms with Crippen molar-refractivity contribution in [2.24, 2.45) is 11.3 Å². The van der Waals surface area contributed by atoms with Gasteiger partial charge in [0.15, 0.2) is 0 Å². The number of nitrogens with one attached hydrogen (secondary N) is 1. The number of rotatable bonds is 3. The molecule has 0 aromatic carbocycles. The molecule has 2 heterocycles. The number of amides is 2. The molecule has 1 aliphatic heterocycles. The average Bonchev–Trinajstić information content (AvgIpc) is 2.94. The minimum absolute atomic E-state index is 0.0668. The van der Waals surface area contributed by atoms with Crippen LogP contribution in [0.25, 0.3) is 0 Å². The van der Waals surface area contributed by atoms with E-state index in [9.17, 15) is 9.59 Å². The van der Waals surface area contributed by atoms with Crippen LogP contribution in [0.5, 0.6) is 0 Å². The number of hydrogen-bond donors (Lipinski definition) is 1. The fourth-order valence-electron chi connectivity index (χ4n) is 2.58. The molecule has 0 radical (unpaired) electrons. The Labute approximate surface area is 141 Å². The molecule has 1 atom stereocenters. The first kappa shape index (κ1) is 17.8. The third-order valence-corrected chi connectivity index (χ3v) is 5.02. The van der Waals surface area contributed by atoms with Crippen molar-refractivity contribution >= 4 is 28.3 Å². The highest BCUT2D eigenvalue weighted by molar-refractivity contribution is 7.15. The second-order valence-electron chi connectivity index (χ2n) is 7.43. The van der Waals surface area contributed by atoms with Gasteiger partial charge >= 0.3 is 0 Å². The Morgan fingerprint density at radius 2 is 2.00 bits per heavy atom. The van der Waals surface area contributed by atoms with Crippen molar-refractivity contribution in [1.82, 2.24) is 15.1 Å². The smallest absolute Gasteiger partial charge is 0.231 e. The van der Waals surface area contributed by atoms with E-state index in [-0.39, 0.29) is 17.7 Å². The number of likely N-dealkylation sites (tertiary alicyclic amines) is 1. The van der Waals surface area contributed by atoms with Crippen LogP contribution in [0.2, 0.25) is 0 Å². The molecule has 1 aromatic heterocycles.